The quantitative estimate of drug-likeness (QED) is 0.738. The van der Waals surface area contributed by atoms with Gasteiger partial charge in [-0.25, -0.2) is 0 Å². The second-order valence-electron chi connectivity index (χ2n) is 6.11. The fraction of sp³-hybridized carbons (Fsp3) is 0.368. The lowest BCUT2D eigenvalue weighted by Crippen LogP contribution is -2.35. The SMILES string of the molecule is CC[C@H]1CSC2=N[C@@H](c3ccccn3)[C@@H](c3ccc(SC)cc3)N21. The van der Waals surface area contributed by atoms with Crippen LogP contribution in [0.25, 0.3) is 0 Å². The van der Waals surface area contributed by atoms with Gasteiger partial charge >= 0.3 is 0 Å². The minimum atomic E-state index is 0.0863. The van der Waals surface area contributed by atoms with Crippen LogP contribution in [0.1, 0.15) is 36.7 Å². The topological polar surface area (TPSA) is 28.5 Å². The highest BCUT2D eigenvalue weighted by molar-refractivity contribution is 8.14. The molecule has 1 aromatic heterocycles. The minimum Gasteiger partial charge on any atom is -0.338 e. The van der Waals surface area contributed by atoms with Gasteiger partial charge in [0.05, 0.1) is 11.7 Å². The second-order valence-corrected chi connectivity index (χ2v) is 7.98. The van der Waals surface area contributed by atoms with Crippen LogP contribution in [0.15, 0.2) is 58.5 Å². The van der Waals surface area contributed by atoms with Crippen molar-refractivity contribution in [1.29, 1.82) is 0 Å². The normalized spacial score (nSPS) is 25.7. The van der Waals surface area contributed by atoms with Crippen molar-refractivity contribution in [2.45, 2.75) is 36.4 Å². The van der Waals surface area contributed by atoms with E-state index in [0.29, 0.717) is 6.04 Å². The number of nitrogens with zero attached hydrogens (tertiary/aromatic N) is 3. The lowest BCUT2D eigenvalue weighted by atomic mass is 9.95. The molecule has 124 valence electrons. The number of rotatable bonds is 4. The molecule has 3 nitrogen and oxygen atoms in total. The van der Waals surface area contributed by atoms with Crippen molar-refractivity contribution in [3.05, 3.63) is 59.9 Å². The molecule has 0 aliphatic carbocycles. The molecular formula is C19H21N3S2. The lowest BCUT2D eigenvalue weighted by Gasteiger charge is -2.32. The van der Waals surface area contributed by atoms with Crippen LogP contribution in [0.5, 0.6) is 0 Å². The van der Waals surface area contributed by atoms with E-state index >= 15 is 0 Å². The molecule has 0 saturated carbocycles. The van der Waals surface area contributed by atoms with E-state index in [0.717, 1.165) is 17.9 Å². The van der Waals surface area contributed by atoms with Gasteiger partial charge in [0.25, 0.3) is 0 Å². The predicted octanol–water partition coefficient (Wildman–Crippen LogP) is 4.78. The van der Waals surface area contributed by atoms with Crippen molar-refractivity contribution < 1.29 is 0 Å². The molecule has 3 atom stereocenters. The van der Waals surface area contributed by atoms with Gasteiger partial charge in [-0.2, -0.15) is 0 Å². The number of amidine groups is 1. The summed E-state index contributed by atoms with van der Waals surface area (Å²) >= 11 is 3.68. The van der Waals surface area contributed by atoms with Crippen LogP contribution in [-0.4, -0.2) is 33.1 Å². The van der Waals surface area contributed by atoms with Crippen LogP contribution >= 0.6 is 23.5 Å². The summed E-state index contributed by atoms with van der Waals surface area (Å²) in [6.45, 7) is 2.27. The molecule has 4 rings (SSSR count). The van der Waals surface area contributed by atoms with Gasteiger partial charge in [-0.15, -0.1) is 11.8 Å². The van der Waals surface area contributed by atoms with Crippen LogP contribution in [0.2, 0.25) is 0 Å². The molecule has 0 bridgehead atoms. The summed E-state index contributed by atoms with van der Waals surface area (Å²) in [5.74, 6) is 1.14. The number of benzene rings is 1. The van der Waals surface area contributed by atoms with E-state index in [-0.39, 0.29) is 12.1 Å². The van der Waals surface area contributed by atoms with E-state index in [1.807, 2.05) is 24.0 Å². The number of pyridine rings is 1. The zero-order valence-electron chi connectivity index (χ0n) is 13.9. The zero-order chi connectivity index (χ0) is 16.5. The second kappa shape index (κ2) is 6.81. The van der Waals surface area contributed by atoms with Crippen molar-refractivity contribution in [2.24, 2.45) is 4.99 Å². The molecule has 0 unspecified atom stereocenters. The van der Waals surface area contributed by atoms with E-state index < -0.39 is 0 Å². The van der Waals surface area contributed by atoms with Gasteiger partial charge in [0, 0.05) is 22.9 Å². The van der Waals surface area contributed by atoms with Crippen molar-refractivity contribution in [2.75, 3.05) is 12.0 Å². The number of aromatic nitrogens is 1. The van der Waals surface area contributed by atoms with Gasteiger partial charge < -0.3 is 4.90 Å². The van der Waals surface area contributed by atoms with Gasteiger partial charge in [0.15, 0.2) is 5.17 Å². The molecule has 24 heavy (non-hydrogen) atoms. The molecule has 0 radical (unpaired) electrons. The van der Waals surface area contributed by atoms with Crippen LogP contribution in [0.4, 0.5) is 0 Å². The van der Waals surface area contributed by atoms with E-state index in [1.54, 1.807) is 11.8 Å². The Morgan fingerprint density at radius 3 is 2.71 bits per heavy atom. The molecule has 0 N–H and O–H groups in total. The number of thioether (sulfide) groups is 2. The highest BCUT2D eigenvalue weighted by atomic mass is 32.2. The maximum atomic E-state index is 5.06. The molecule has 2 aromatic rings. The Morgan fingerprint density at radius 1 is 1.21 bits per heavy atom. The Bertz CT molecular complexity index is 730. The smallest absolute Gasteiger partial charge is 0.160 e. The summed E-state index contributed by atoms with van der Waals surface area (Å²) in [4.78, 5) is 13.5. The zero-order valence-corrected chi connectivity index (χ0v) is 15.6. The highest BCUT2D eigenvalue weighted by Crippen LogP contribution is 2.48. The van der Waals surface area contributed by atoms with Crippen molar-refractivity contribution in [3.8, 4) is 0 Å². The minimum absolute atomic E-state index is 0.0863. The summed E-state index contributed by atoms with van der Waals surface area (Å²) in [6, 6.07) is 16.0. The highest BCUT2D eigenvalue weighted by Gasteiger charge is 2.45. The summed E-state index contributed by atoms with van der Waals surface area (Å²) < 4.78 is 0. The fourth-order valence-electron chi connectivity index (χ4n) is 3.51. The average Bonchev–Trinajstić information content (AvgIpc) is 3.21. The first-order chi connectivity index (χ1) is 11.8. The molecule has 1 saturated heterocycles. The molecular weight excluding hydrogens is 334 g/mol. The monoisotopic (exact) mass is 355 g/mol. The first kappa shape index (κ1) is 16.0. The number of fused-ring (bicyclic) bond motifs is 1. The average molecular weight is 356 g/mol. The number of hydrogen-bond acceptors (Lipinski definition) is 5. The van der Waals surface area contributed by atoms with Crippen LogP contribution < -0.4 is 0 Å². The number of hydrogen-bond donors (Lipinski definition) is 0. The van der Waals surface area contributed by atoms with E-state index in [9.17, 15) is 0 Å². The number of aliphatic imine (C=N–C) groups is 1. The first-order valence-corrected chi connectivity index (χ1v) is 10.6. The Labute approximate surface area is 152 Å². The molecule has 2 aliphatic rings. The van der Waals surface area contributed by atoms with Crippen molar-refractivity contribution in [3.63, 3.8) is 0 Å². The Morgan fingerprint density at radius 2 is 2.04 bits per heavy atom. The van der Waals surface area contributed by atoms with E-state index in [2.05, 4.69) is 59.5 Å². The summed E-state index contributed by atoms with van der Waals surface area (Å²) in [7, 11) is 0. The molecule has 3 heterocycles. The summed E-state index contributed by atoms with van der Waals surface area (Å²) in [5, 5.41) is 1.19. The largest absolute Gasteiger partial charge is 0.338 e. The van der Waals surface area contributed by atoms with Gasteiger partial charge in [0.1, 0.15) is 6.04 Å². The first-order valence-electron chi connectivity index (χ1n) is 8.35. The molecule has 5 heteroatoms. The predicted molar refractivity (Wildman–Crippen MR) is 104 cm³/mol. The third-order valence-corrected chi connectivity index (χ3v) is 6.66. The lowest BCUT2D eigenvalue weighted by molar-refractivity contribution is 0.255. The van der Waals surface area contributed by atoms with Gasteiger partial charge in [-0.1, -0.05) is 36.9 Å². The molecule has 0 amide bonds. The Balaban J connectivity index is 1.76. The van der Waals surface area contributed by atoms with E-state index in [4.69, 9.17) is 4.99 Å². The Hall–Kier alpha value is -1.46. The molecule has 1 fully saturated rings. The Kier molecular flexibility index (Phi) is 4.55. The van der Waals surface area contributed by atoms with Crippen molar-refractivity contribution in [1.82, 2.24) is 9.88 Å². The fourth-order valence-corrected chi connectivity index (χ4v) is 5.26. The molecule has 1 aromatic carbocycles. The van der Waals surface area contributed by atoms with Gasteiger partial charge in [0.2, 0.25) is 0 Å². The summed E-state index contributed by atoms with van der Waals surface area (Å²) in [6.07, 6.45) is 5.14. The summed E-state index contributed by atoms with van der Waals surface area (Å²) in [5.41, 5.74) is 2.40. The maximum absolute atomic E-state index is 5.06. The third-order valence-electron chi connectivity index (χ3n) is 4.79. The molecule has 0 spiro atoms. The standard InChI is InChI=1S/C19H21N3S2/c1-3-14-12-24-19-21-17(16-6-4-5-11-20-16)18(22(14)19)13-7-9-15(23-2)10-8-13/h4-11,14,17-18H,3,12H2,1-2H3/t14-,17-,18+/m0/s1. The van der Waals surface area contributed by atoms with Crippen LogP contribution in [-0.2, 0) is 0 Å². The van der Waals surface area contributed by atoms with Crippen molar-refractivity contribution >= 4 is 28.7 Å². The van der Waals surface area contributed by atoms with Gasteiger partial charge in [-0.05, 0) is 42.5 Å². The maximum Gasteiger partial charge on any atom is 0.160 e. The van der Waals surface area contributed by atoms with Crippen LogP contribution in [0, 0.1) is 0 Å². The third kappa shape index (κ3) is 2.74. The molecule has 2 aliphatic heterocycles. The van der Waals surface area contributed by atoms with Crippen LogP contribution in [0.3, 0.4) is 0 Å². The van der Waals surface area contributed by atoms with Gasteiger partial charge in [-0.3, -0.25) is 9.98 Å². The van der Waals surface area contributed by atoms with E-state index in [1.165, 1.54) is 15.6 Å².